The van der Waals surface area contributed by atoms with Crippen molar-refractivity contribution >= 4 is 16.7 Å². The Balaban J connectivity index is 2.04. The molecule has 0 saturated heterocycles. The molecule has 0 radical (unpaired) electrons. The second kappa shape index (κ2) is 7.46. The Bertz CT molecular complexity index is 931. The van der Waals surface area contributed by atoms with Gasteiger partial charge in [0.1, 0.15) is 5.82 Å². The Morgan fingerprint density at radius 1 is 1.27 bits per heavy atom. The zero-order valence-corrected chi connectivity index (χ0v) is 15.8. The van der Waals surface area contributed by atoms with E-state index >= 15 is 0 Å². The van der Waals surface area contributed by atoms with E-state index in [-0.39, 0.29) is 5.82 Å². The largest absolute Gasteiger partial charge is 0.389 e. The highest BCUT2D eigenvalue weighted by Crippen LogP contribution is 2.34. The normalized spacial score (nSPS) is 12.5. The lowest BCUT2D eigenvalue weighted by Crippen LogP contribution is -2.07. The predicted molar refractivity (Wildman–Crippen MR) is 104 cm³/mol. The molecule has 3 aromatic rings. The number of hydrogen-bond acceptors (Lipinski definition) is 3. The number of hydrogen-bond donors (Lipinski definition) is 2. The second-order valence-electron chi connectivity index (χ2n) is 6.81. The lowest BCUT2D eigenvalue weighted by atomic mass is 10.1. The molecule has 26 heavy (non-hydrogen) atoms. The zero-order valence-electron chi connectivity index (χ0n) is 15.8. The van der Waals surface area contributed by atoms with Gasteiger partial charge in [-0.3, -0.25) is 0 Å². The van der Waals surface area contributed by atoms with Gasteiger partial charge < -0.3 is 15.0 Å². The van der Waals surface area contributed by atoms with Crippen LogP contribution in [-0.2, 0) is 13.1 Å². The van der Waals surface area contributed by atoms with Gasteiger partial charge in [-0.15, -0.1) is 0 Å². The predicted octanol–water partition coefficient (Wildman–Crippen LogP) is 4.87. The first-order chi connectivity index (χ1) is 12.4. The van der Waals surface area contributed by atoms with Crippen molar-refractivity contribution in [3.05, 3.63) is 58.7 Å². The molecule has 2 N–H and O–H groups in total. The van der Waals surface area contributed by atoms with Crippen molar-refractivity contribution in [3.63, 3.8) is 0 Å². The van der Waals surface area contributed by atoms with Gasteiger partial charge in [0.05, 0.1) is 11.6 Å². The number of halogens is 1. The summed E-state index contributed by atoms with van der Waals surface area (Å²) in [6.45, 7) is 9.32. The molecule has 1 unspecified atom stereocenters. The van der Waals surface area contributed by atoms with Crippen LogP contribution in [0.2, 0.25) is 0 Å². The van der Waals surface area contributed by atoms with Crippen LogP contribution in [0.15, 0.2) is 30.5 Å². The third-order valence-electron chi connectivity index (χ3n) is 4.89. The minimum absolute atomic E-state index is 0.222. The Morgan fingerprint density at radius 3 is 2.69 bits per heavy atom. The van der Waals surface area contributed by atoms with Crippen molar-refractivity contribution in [2.75, 3.05) is 5.32 Å². The number of aliphatic hydroxyl groups excluding tert-OH is 1. The van der Waals surface area contributed by atoms with Gasteiger partial charge in [0.25, 0.3) is 0 Å². The molecule has 0 fully saturated rings. The molecule has 0 aliphatic carbocycles. The summed E-state index contributed by atoms with van der Waals surface area (Å²) in [6, 6.07) is 6.79. The van der Waals surface area contributed by atoms with Crippen LogP contribution in [-0.4, -0.2) is 14.7 Å². The standard InChI is InChI=1S/C21H26FN3O/c1-5-10-25-14(3)19(15(4)26)18-8-9-23-21(20(18)25)24-12-16-6-7-17(22)11-13(16)2/h6-9,11,15,26H,5,10,12H2,1-4H3,(H,23,24). The summed E-state index contributed by atoms with van der Waals surface area (Å²) < 4.78 is 15.5. The molecular formula is C21H26FN3O. The maximum absolute atomic E-state index is 13.3. The average Bonchev–Trinajstić information content (AvgIpc) is 2.87. The summed E-state index contributed by atoms with van der Waals surface area (Å²) in [5.41, 5.74) is 4.99. The number of fused-ring (bicyclic) bond motifs is 1. The third kappa shape index (κ3) is 3.31. The summed E-state index contributed by atoms with van der Waals surface area (Å²) in [5, 5.41) is 14.7. The van der Waals surface area contributed by atoms with Gasteiger partial charge in [-0.2, -0.15) is 0 Å². The minimum Gasteiger partial charge on any atom is -0.389 e. The van der Waals surface area contributed by atoms with Gasteiger partial charge in [-0.05, 0) is 56.5 Å². The fraction of sp³-hybridized carbons (Fsp3) is 0.381. The van der Waals surface area contributed by atoms with Crippen LogP contribution < -0.4 is 5.32 Å². The maximum atomic E-state index is 13.3. The highest BCUT2D eigenvalue weighted by atomic mass is 19.1. The van der Waals surface area contributed by atoms with Crippen molar-refractivity contribution in [2.24, 2.45) is 0 Å². The molecule has 138 valence electrons. The number of pyridine rings is 1. The van der Waals surface area contributed by atoms with Gasteiger partial charge in [0.15, 0.2) is 5.82 Å². The van der Waals surface area contributed by atoms with E-state index in [9.17, 15) is 9.50 Å². The monoisotopic (exact) mass is 355 g/mol. The average molecular weight is 355 g/mol. The molecule has 2 aromatic heterocycles. The Labute approximate surface area is 153 Å². The second-order valence-corrected chi connectivity index (χ2v) is 6.81. The van der Waals surface area contributed by atoms with E-state index in [1.54, 1.807) is 25.3 Å². The molecule has 4 nitrogen and oxygen atoms in total. The van der Waals surface area contributed by atoms with Gasteiger partial charge >= 0.3 is 0 Å². The van der Waals surface area contributed by atoms with Gasteiger partial charge in [0.2, 0.25) is 0 Å². The topological polar surface area (TPSA) is 50.1 Å². The minimum atomic E-state index is -0.537. The Morgan fingerprint density at radius 2 is 2.04 bits per heavy atom. The van der Waals surface area contributed by atoms with E-state index in [1.807, 2.05) is 19.9 Å². The summed E-state index contributed by atoms with van der Waals surface area (Å²) >= 11 is 0. The SMILES string of the molecule is CCCn1c(C)c(C(C)O)c2ccnc(NCc3ccc(F)cc3C)c21. The fourth-order valence-corrected chi connectivity index (χ4v) is 3.65. The number of nitrogens with one attached hydrogen (secondary N) is 1. The highest BCUT2D eigenvalue weighted by Gasteiger charge is 2.20. The van der Waals surface area contributed by atoms with Crippen LogP contribution in [0.5, 0.6) is 0 Å². The number of anilines is 1. The summed E-state index contributed by atoms with van der Waals surface area (Å²) in [7, 11) is 0. The molecule has 0 amide bonds. The van der Waals surface area contributed by atoms with Crippen LogP contribution >= 0.6 is 0 Å². The molecule has 0 bridgehead atoms. The van der Waals surface area contributed by atoms with Gasteiger partial charge in [-0.25, -0.2) is 9.37 Å². The first-order valence-electron chi connectivity index (χ1n) is 9.08. The number of aliphatic hydroxyl groups is 1. The lowest BCUT2D eigenvalue weighted by molar-refractivity contribution is 0.199. The van der Waals surface area contributed by atoms with E-state index in [2.05, 4.69) is 21.8 Å². The number of benzene rings is 1. The van der Waals surface area contributed by atoms with Crippen molar-refractivity contribution < 1.29 is 9.50 Å². The first-order valence-corrected chi connectivity index (χ1v) is 9.08. The quantitative estimate of drug-likeness (QED) is 0.663. The number of rotatable bonds is 6. The first kappa shape index (κ1) is 18.4. The maximum Gasteiger partial charge on any atom is 0.150 e. The van der Waals surface area contributed by atoms with E-state index in [0.29, 0.717) is 6.54 Å². The van der Waals surface area contributed by atoms with Crippen molar-refractivity contribution in [1.82, 2.24) is 9.55 Å². The molecule has 0 aliphatic rings. The van der Waals surface area contributed by atoms with Gasteiger partial charge in [0, 0.05) is 35.9 Å². The molecule has 5 heteroatoms. The fourth-order valence-electron chi connectivity index (χ4n) is 3.65. The highest BCUT2D eigenvalue weighted by molar-refractivity contribution is 5.93. The molecular weight excluding hydrogens is 329 g/mol. The molecule has 0 saturated carbocycles. The zero-order chi connectivity index (χ0) is 18.8. The van der Waals surface area contributed by atoms with Crippen molar-refractivity contribution in [1.29, 1.82) is 0 Å². The molecule has 3 rings (SSSR count). The van der Waals surface area contributed by atoms with E-state index in [0.717, 1.165) is 52.1 Å². The summed E-state index contributed by atoms with van der Waals surface area (Å²) in [5.74, 6) is 0.565. The molecule has 0 spiro atoms. The smallest absolute Gasteiger partial charge is 0.150 e. The van der Waals surface area contributed by atoms with Crippen molar-refractivity contribution in [3.8, 4) is 0 Å². The molecule has 1 atom stereocenters. The number of aryl methyl sites for hydroxylation is 2. The summed E-state index contributed by atoms with van der Waals surface area (Å²) in [6.07, 6.45) is 2.23. The Kier molecular flexibility index (Phi) is 5.28. The third-order valence-corrected chi connectivity index (χ3v) is 4.89. The van der Waals surface area contributed by atoms with E-state index in [4.69, 9.17) is 0 Å². The van der Waals surface area contributed by atoms with Crippen molar-refractivity contribution in [2.45, 2.75) is 53.3 Å². The summed E-state index contributed by atoms with van der Waals surface area (Å²) in [4.78, 5) is 4.54. The van der Waals surface area contributed by atoms with E-state index < -0.39 is 6.10 Å². The number of aromatic nitrogens is 2. The van der Waals surface area contributed by atoms with Crippen LogP contribution in [0.3, 0.4) is 0 Å². The van der Waals surface area contributed by atoms with E-state index in [1.165, 1.54) is 6.07 Å². The molecule has 0 aliphatic heterocycles. The number of nitrogens with zero attached hydrogens (tertiary/aromatic N) is 2. The van der Waals surface area contributed by atoms with Crippen LogP contribution in [0.1, 0.15) is 48.8 Å². The molecule has 2 heterocycles. The Hall–Kier alpha value is -2.40. The van der Waals surface area contributed by atoms with Crippen LogP contribution in [0.4, 0.5) is 10.2 Å². The lowest BCUT2D eigenvalue weighted by Gasteiger charge is -2.12. The molecule has 1 aromatic carbocycles. The van der Waals surface area contributed by atoms with Crippen LogP contribution in [0, 0.1) is 19.7 Å². The van der Waals surface area contributed by atoms with Crippen LogP contribution in [0.25, 0.3) is 10.9 Å². The van der Waals surface area contributed by atoms with Gasteiger partial charge in [-0.1, -0.05) is 13.0 Å².